The molecule has 0 aliphatic carbocycles. The van der Waals surface area contributed by atoms with Gasteiger partial charge in [0.15, 0.2) is 12.6 Å². The van der Waals surface area contributed by atoms with Crippen LogP contribution < -0.4 is 0 Å². The second-order valence-corrected chi connectivity index (χ2v) is 15.2. The second kappa shape index (κ2) is 21.7. The molecular formula is C46H56O13. The van der Waals surface area contributed by atoms with Crippen LogP contribution in [-0.2, 0) is 69.1 Å². The molecule has 0 spiro atoms. The van der Waals surface area contributed by atoms with Crippen LogP contribution in [0.2, 0.25) is 0 Å². The fourth-order valence-corrected chi connectivity index (χ4v) is 7.65. The molecule has 13 heteroatoms. The smallest absolute Gasteiger partial charge is 0.187 e. The Kier molecular flexibility index (Phi) is 16.0. The normalized spacial score (nSPS) is 32.5. The molecule has 3 fully saturated rings. The van der Waals surface area contributed by atoms with E-state index in [4.69, 9.17) is 42.6 Å². The molecule has 3 saturated heterocycles. The molecule has 0 saturated carbocycles. The molecule has 3 heterocycles. The molecule has 3 aliphatic heterocycles. The Labute approximate surface area is 345 Å². The fraction of sp³-hybridized carbons (Fsp3) is 0.478. The van der Waals surface area contributed by atoms with Gasteiger partial charge in [0.1, 0.15) is 54.9 Å². The first-order valence-corrected chi connectivity index (χ1v) is 20.3. The van der Waals surface area contributed by atoms with Crippen molar-refractivity contribution in [3.05, 3.63) is 144 Å². The fourth-order valence-electron chi connectivity index (χ4n) is 7.65. The van der Waals surface area contributed by atoms with Crippen LogP contribution in [-0.4, -0.2) is 120 Å². The molecule has 4 aromatic rings. The van der Waals surface area contributed by atoms with Crippen molar-refractivity contribution in [1.82, 2.24) is 0 Å². The third kappa shape index (κ3) is 11.6. The standard InChI is InChI=1S/C46H56O13/c1-30-41(53-26-32-16-8-3-9-17-32)43(54-27-33-18-10-4-11-19-33)44(55-28-34-20-12-5-13-21-34)46(56-30)59-42-35(57-45-40(50)39(49)38(48)36(24-47)58-45)22-23-52-37(42)29-51-25-31-14-6-2-7-15-31/h2-21,30,35-50H,22-29H2,1H3/t30-,35+,36+,37+,38-,39-,40+,41+,42-,43+,44-,45+,46-/m0/s1. The molecule has 318 valence electrons. The van der Waals surface area contributed by atoms with Crippen LogP contribution in [0.3, 0.4) is 0 Å². The van der Waals surface area contributed by atoms with Gasteiger partial charge in [-0.1, -0.05) is 121 Å². The predicted molar refractivity (Wildman–Crippen MR) is 213 cm³/mol. The number of ether oxygens (including phenoxy) is 9. The summed E-state index contributed by atoms with van der Waals surface area (Å²) in [5, 5.41) is 42.0. The topological polar surface area (TPSA) is 164 Å². The second-order valence-electron chi connectivity index (χ2n) is 15.2. The number of benzene rings is 4. The number of hydrogen-bond donors (Lipinski definition) is 4. The molecule has 4 N–H and O–H groups in total. The van der Waals surface area contributed by atoms with E-state index in [1.807, 2.05) is 128 Å². The molecule has 7 rings (SSSR count). The Balaban J connectivity index is 1.19. The summed E-state index contributed by atoms with van der Waals surface area (Å²) in [7, 11) is 0. The van der Waals surface area contributed by atoms with Gasteiger partial charge in [0.05, 0.1) is 51.8 Å². The van der Waals surface area contributed by atoms with E-state index in [1.54, 1.807) is 0 Å². The lowest BCUT2D eigenvalue weighted by atomic mass is 9.97. The summed E-state index contributed by atoms with van der Waals surface area (Å²) in [6, 6.07) is 39.3. The van der Waals surface area contributed by atoms with E-state index in [-0.39, 0.29) is 26.4 Å². The van der Waals surface area contributed by atoms with Crippen molar-refractivity contribution < 1.29 is 63.1 Å². The highest BCUT2D eigenvalue weighted by Gasteiger charge is 2.52. The number of aliphatic hydroxyl groups excluding tert-OH is 4. The van der Waals surface area contributed by atoms with Crippen LogP contribution in [0.5, 0.6) is 0 Å². The van der Waals surface area contributed by atoms with Crippen molar-refractivity contribution in [3.63, 3.8) is 0 Å². The summed E-state index contributed by atoms with van der Waals surface area (Å²) < 4.78 is 58.6. The zero-order chi connectivity index (χ0) is 41.0. The third-order valence-electron chi connectivity index (χ3n) is 10.9. The highest BCUT2D eigenvalue weighted by molar-refractivity contribution is 5.16. The highest BCUT2D eigenvalue weighted by Crippen LogP contribution is 2.35. The van der Waals surface area contributed by atoms with Crippen molar-refractivity contribution in [2.24, 2.45) is 0 Å². The summed E-state index contributed by atoms with van der Waals surface area (Å²) in [6.45, 7) is 2.81. The van der Waals surface area contributed by atoms with Crippen LogP contribution in [0.25, 0.3) is 0 Å². The van der Waals surface area contributed by atoms with Gasteiger partial charge in [0.2, 0.25) is 0 Å². The molecule has 0 radical (unpaired) electrons. The monoisotopic (exact) mass is 816 g/mol. The zero-order valence-corrected chi connectivity index (χ0v) is 33.2. The number of hydrogen-bond acceptors (Lipinski definition) is 13. The Morgan fingerprint density at radius 2 is 1.03 bits per heavy atom. The Morgan fingerprint density at radius 1 is 0.525 bits per heavy atom. The van der Waals surface area contributed by atoms with E-state index in [0.29, 0.717) is 19.6 Å². The minimum atomic E-state index is -1.62. The number of rotatable bonds is 18. The Bertz CT molecular complexity index is 1770. The van der Waals surface area contributed by atoms with E-state index in [1.165, 1.54) is 0 Å². The van der Waals surface area contributed by atoms with Gasteiger partial charge in [-0.25, -0.2) is 0 Å². The first kappa shape index (κ1) is 43.4. The van der Waals surface area contributed by atoms with Gasteiger partial charge in [-0.05, 0) is 35.6 Å². The molecule has 4 aromatic carbocycles. The summed E-state index contributed by atoms with van der Waals surface area (Å²) in [4.78, 5) is 0. The molecular weight excluding hydrogens is 760 g/mol. The van der Waals surface area contributed by atoms with Crippen molar-refractivity contribution in [3.8, 4) is 0 Å². The first-order chi connectivity index (χ1) is 28.9. The minimum Gasteiger partial charge on any atom is -0.394 e. The van der Waals surface area contributed by atoms with E-state index >= 15 is 0 Å². The van der Waals surface area contributed by atoms with Crippen LogP contribution in [0, 0.1) is 0 Å². The zero-order valence-electron chi connectivity index (χ0n) is 33.2. The molecule has 0 bridgehead atoms. The lowest BCUT2D eigenvalue weighted by Gasteiger charge is -2.48. The van der Waals surface area contributed by atoms with E-state index in [9.17, 15) is 20.4 Å². The van der Waals surface area contributed by atoms with Crippen molar-refractivity contribution >= 4 is 0 Å². The van der Waals surface area contributed by atoms with Crippen molar-refractivity contribution in [2.75, 3.05) is 19.8 Å². The average Bonchev–Trinajstić information content (AvgIpc) is 3.27. The molecule has 59 heavy (non-hydrogen) atoms. The lowest BCUT2D eigenvalue weighted by molar-refractivity contribution is -0.362. The SMILES string of the molecule is C[C@@H]1O[C@@H](O[C@@H]2[C@@H](COCc3ccccc3)OCC[C@H]2O[C@@H]2O[C@H](CO)[C@H](O)[C@H](O)[C@H]2O)[C@@H](OCc2ccccc2)[C@H](OCc2ccccc2)[C@@H]1OCc1ccccc1. The predicted octanol–water partition coefficient (Wildman–Crippen LogP) is 4.06. The average molecular weight is 817 g/mol. The number of aliphatic hydroxyl groups is 4. The molecule has 13 atom stereocenters. The van der Waals surface area contributed by atoms with Crippen LogP contribution >= 0.6 is 0 Å². The van der Waals surface area contributed by atoms with Gasteiger partial charge in [-0.2, -0.15) is 0 Å². The van der Waals surface area contributed by atoms with Crippen molar-refractivity contribution in [1.29, 1.82) is 0 Å². The third-order valence-corrected chi connectivity index (χ3v) is 10.9. The Hall–Kier alpha value is -3.64. The van der Waals surface area contributed by atoms with Gasteiger partial charge in [-0.15, -0.1) is 0 Å². The van der Waals surface area contributed by atoms with Crippen LogP contribution in [0.15, 0.2) is 121 Å². The first-order valence-electron chi connectivity index (χ1n) is 20.3. The quantitative estimate of drug-likeness (QED) is 0.114. The van der Waals surface area contributed by atoms with Gasteiger partial charge in [0, 0.05) is 6.61 Å². The van der Waals surface area contributed by atoms with Gasteiger partial charge >= 0.3 is 0 Å². The summed E-state index contributed by atoms with van der Waals surface area (Å²) in [5.41, 5.74) is 3.88. The maximum atomic E-state index is 11.0. The largest absolute Gasteiger partial charge is 0.394 e. The summed E-state index contributed by atoms with van der Waals surface area (Å²) in [5.74, 6) is 0. The molecule has 0 unspecified atom stereocenters. The van der Waals surface area contributed by atoms with E-state index < -0.39 is 86.3 Å². The van der Waals surface area contributed by atoms with Crippen LogP contribution in [0.4, 0.5) is 0 Å². The molecule has 0 aromatic heterocycles. The van der Waals surface area contributed by atoms with Gasteiger partial charge < -0.3 is 63.1 Å². The van der Waals surface area contributed by atoms with Crippen molar-refractivity contribution in [2.45, 2.75) is 119 Å². The minimum absolute atomic E-state index is 0.114. The molecule has 0 amide bonds. The maximum absolute atomic E-state index is 11.0. The van der Waals surface area contributed by atoms with E-state index in [0.717, 1.165) is 22.3 Å². The molecule has 13 nitrogen and oxygen atoms in total. The summed E-state index contributed by atoms with van der Waals surface area (Å²) in [6.07, 6.45) is -13.1. The van der Waals surface area contributed by atoms with E-state index in [2.05, 4.69) is 0 Å². The Morgan fingerprint density at radius 3 is 1.58 bits per heavy atom. The maximum Gasteiger partial charge on any atom is 0.187 e. The van der Waals surface area contributed by atoms with Crippen LogP contribution in [0.1, 0.15) is 35.6 Å². The highest BCUT2D eigenvalue weighted by atomic mass is 16.8. The van der Waals surface area contributed by atoms with Gasteiger partial charge in [0.25, 0.3) is 0 Å². The summed E-state index contributed by atoms with van der Waals surface area (Å²) >= 11 is 0. The van der Waals surface area contributed by atoms with Gasteiger partial charge in [-0.3, -0.25) is 0 Å². The molecule has 3 aliphatic rings. The lowest BCUT2D eigenvalue weighted by Crippen LogP contribution is -2.63.